The molecule has 0 atom stereocenters. The minimum Gasteiger partial charge on any atom is -0.317 e. The highest BCUT2D eigenvalue weighted by Crippen LogP contribution is 2.23. The number of nitrogens with one attached hydrogen (secondary N) is 1. The standard InChI is InChI=1S/C16H18N2O2S.C4H11N/c1-3-14-7-5-9-16(11-14)18(21(19,20)4-2)13-15-8-6-10-17-12-15;1-3-5-4-2/h3,5-12H,1,4,13H2,2H3;5H,3-4H2,1-2H3. The van der Waals surface area contributed by atoms with Gasteiger partial charge in [0.2, 0.25) is 10.0 Å². The molecule has 0 amide bonds. The van der Waals surface area contributed by atoms with Crippen molar-refractivity contribution < 1.29 is 8.42 Å². The molecule has 1 N–H and O–H groups in total. The van der Waals surface area contributed by atoms with Crippen LogP contribution in [0.25, 0.3) is 6.08 Å². The zero-order valence-electron chi connectivity index (χ0n) is 15.9. The van der Waals surface area contributed by atoms with E-state index in [1.54, 1.807) is 37.5 Å². The minimum absolute atomic E-state index is 0.0472. The Labute approximate surface area is 157 Å². The molecule has 0 saturated carbocycles. The van der Waals surface area contributed by atoms with Crippen LogP contribution in [-0.4, -0.2) is 32.2 Å². The Kier molecular flexibility index (Phi) is 9.62. The maximum Gasteiger partial charge on any atom is 0.235 e. The fraction of sp³-hybridized carbons (Fsp3) is 0.350. The molecule has 142 valence electrons. The summed E-state index contributed by atoms with van der Waals surface area (Å²) in [4.78, 5) is 4.04. The molecule has 1 aromatic carbocycles. The number of pyridine rings is 1. The van der Waals surface area contributed by atoms with Gasteiger partial charge < -0.3 is 5.32 Å². The summed E-state index contributed by atoms with van der Waals surface area (Å²) in [6.45, 7) is 12.0. The molecule has 0 saturated heterocycles. The summed E-state index contributed by atoms with van der Waals surface area (Å²) in [5, 5.41) is 3.11. The first-order valence-corrected chi connectivity index (χ1v) is 10.4. The average Bonchev–Trinajstić information content (AvgIpc) is 2.68. The van der Waals surface area contributed by atoms with Crippen LogP contribution in [0, 0.1) is 0 Å². The maximum atomic E-state index is 12.4. The minimum atomic E-state index is -3.37. The van der Waals surface area contributed by atoms with Gasteiger partial charge in [-0.05, 0) is 49.3 Å². The predicted molar refractivity (Wildman–Crippen MR) is 111 cm³/mol. The number of hydrogen-bond acceptors (Lipinski definition) is 4. The number of anilines is 1. The Bertz CT molecular complexity index is 760. The lowest BCUT2D eigenvalue weighted by atomic mass is 10.2. The highest BCUT2D eigenvalue weighted by Gasteiger charge is 2.21. The van der Waals surface area contributed by atoms with Gasteiger partial charge >= 0.3 is 0 Å². The third-order valence-electron chi connectivity index (χ3n) is 3.64. The van der Waals surface area contributed by atoms with Crippen molar-refractivity contribution in [3.8, 4) is 0 Å². The summed E-state index contributed by atoms with van der Waals surface area (Å²) in [5.74, 6) is 0.0472. The first kappa shape index (κ1) is 21.9. The summed E-state index contributed by atoms with van der Waals surface area (Å²) in [6, 6.07) is 11.0. The van der Waals surface area contributed by atoms with Crippen molar-refractivity contribution in [2.75, 3.05) is 23.1 Å². The second-order valence-electron chi connectivity index (χ2n) is 5.52. The van der Waals surface area contributed by atoms with Crippen molar-refractivity contribution in [3.05, 3.63) is 66.5 Å². The van der Waals surface area contributed by atoms with E-state index in [0.29, 0.717) is 5.69 Å². The SMILES string of the molecule is C=Cc1cccc(N(Cc2cccnc2)S(=O)(=O)CC)c1.CCNCC. The fourth-order valence-corrected chi connectivity index (χ4v) is 3.31. The predicted octanol–water partition coefficient (Wildman–Crippen LogP) is 3.70. The first-order chi connectivity index (χ1) is 12.5. The van der Waals surface area contributed by atoms with Gasteiger partial charge in [0.1, 0.15) is 0 Å². The number of sulfonamides is 1. The normalized spacial score (nSPS) is 10.6. The molecule has 0 aliphatic rings. The quantitative estimate of drug-likeness (QED) is 0.764. The van der Waals surface area contributed by atoms with Crippen molar-refractivity contribution in [1.82, 2.24) is 10.3 Å². The van der Waals surface area contributed by atoms with E-state index in [1.807, 2.05) is 24.3 Å². The number of benzene rings is 1. The number of rotatable bonds is 8. The summed E-state index contributed by atoms with van der Waals surface area (Å²) in [6.07, 6.45) is 5.04. The van der Waals surface area contributed by atoms with E-state index >= 15 is 0 Å². The summed E-state index contributed by atoms with van der Waals surface area (Å²) in [5.41, 5.74) is 2.37. The molecule has 2 rings (SSSR count). The molecule has 0 aliphatic carbocycles. The number of hydrogen-bond donors (Lipinski definition) is 1. The molecule has 0 aliphatic heterocycles. The van der Waals surface area contributed by atoms with E-state index in [0.717, 1.165) is 24.2 Å². The molecule has 0 radical (unpaired) electrons. The van der Waals surface area contributed by atoms with Crippen LogP contribution in [0.4, 0.5) is 5.69 Å². The first-order valence-electron chi connectivity index (χ1n) is 8.81. The average molecular weight is 376 g/mol. The van der Waals surface area contributed by atoms with Crippen LogP contribution in [0.1, 0.15) is 31.9 Å². The second kappa shape index (κ2) is 11.4. The van der Waals surface area contributed by atoms with Gasteiger partial charge in [-0.2, -0.15) is 0 Å². The molecule has 26 heavy (non-hydrogen) atoms. The van der Waals surface area contributed by atoms with Gasteiger partial charge in [0.15, 0.2) is 0 Å². The largest absolute Gasteiger partial charge is 0.317 e. The second-order valence-corrected chi connectivity index (χ2v) is 7.71. The summed E-state index contributed by atoms with van der Waals surface area (Å²) < 4.78 is 26.2. The smallest absolute Gasteiger partial charge is 0.235 e. The van der Waals surface area contributed by atoms with Crippen LogP contribution in [0.5, 0.6) is 0 Å². The van der Waals surface area contributed by atoms with E-state index < -0.39 is 10.0 Å². The van der Waals surface area contributed by atoms with Crippen LogP contribution in [-0.2, 0) is 16.6 Å². The van der Waals surface area contributed by atoms with E-state index in [2.05, 4.69) is 30.7 Å². The Balaban J connectivity index is 0.000000597. The third kappa shape index (κ3) is 6.98. The lowest BCUT2D eigenvalue weighted by molar-refractivity contribution is 0.591. The van der Waals surface area contributed by atoms with Crippen molar-refractivity contribution >= 4 is 21.8 Å². The van der Waals surface area contributed by atoms with E-state index in [1.165, 1.54) is 4.31 Å². The van der Waals surface area contributed by atoms with E-state index in [4.69, 9.17) is 0 Å². The molecule has 0 unspecified atom stereocenters. The van der Waals surface area contributed by atoms with Crippen LogP contribution in [0.3, 0.4) is 0 Å². The number of aromatic nitrogens is 1. The van der Waals surface area contributed by atoms with Crippen LogP contribution in [0.2, 0.25) is 0 Å². The van der Waals surface area contributed by atoms with Gasteiger partial charge in [-0.1, -0.05) is 44.7 Å². The van der Waals surface area contributed by atoms with Gasteiger partial charge in [0.25, 0.3) is 0 Å². The molecule has 0 fully saturated rings. The monoisotopic (exact) mass is 375 g/mol. The van der Waals surface area contributed by atoms with Crippen LogP contribution in [0.15, 0.2) is 55.4 Å². The molecule has 1 heterocycles. The summed E-state index contributed by atoms with van der Waals surface area (Å²) in [7, 11) is -3.37. The Hall–Kier alpha value is -2.18. The molecule has 6 heteroatoms. The Morgan fingerprint density at radius 3 is 2.38 bits per heavy atom. The lowest BCUT2D eigenvalue weighted by Gasteiger charge is -2.24. The number of nitrogens with zero attached hydrogens (tertiary/aromatic N) is 2. The van der Waals surface area contributed by atoms with E-state index in [9.17, 15) is 8.42 Å². The maximum absolute atomic E-state index is 12.4. The van der Waals surface area contributed by atoms with Crippen molar-refractivity contribution in [2.45, 2.75) is 27.3 Å². The van der Waals surface area contributed by atoms with Crippen molar-refractivity contribution in [1.29, 1.82) is 0 Å². The Morgan fingerprint density at radius 1 is 1.15 bits per heavy atom. The Morgan fingerprint density at radius 2 is 1.88 bits per heavy atom. The molecule has 5 nitrogen and oxygen atoms in total. The summed E-state index contributed by atoms with van der Waals surface area (Å²) >= 11 is 0. The van der Waals surface area contributed by atoms with Gasteiger partial charge in [-0.25, -0.2) is 8.42 Å². The van der Waals surface area contributed by atoms with E-state index in [-0.39, 0.29) is 12.3 Å². The zero-order valence-corrected chi connectivity index (χ0v) is 16.7. The fourth-order valence-electron chi connectivity index (χ4n) is 2.22. The van der Waals surface area contributed by atoms with Gasteiger partial charge in [-0.15, -0.1) is 0 Å². The van der Waals surface area contributed by atoms with Gasteiger partial charge in [0.05, 0.1) is 18.0 Å². The topological polar surface area (TPSA) is 62.3 Å². The van der Waals surface area contributed by atoms with Crippen LogP contribution < -0.4 is 9.62 Å². The highest BCUT2D eigenvalue weighted by atomic mass is 32.2. The molecule has 0 bridgehead atoms. The molecular weight excluding hydrogens is 346 g/mol. The van der Waals surface area contributed by atoms with Gasteiger partial charge in [0, 0.05) is 12.4 Å². The van der Waals surface area contributed by atoms with Gasteiger partial charge in [-0.3, -0.25) is 9.29 Å². The third-order valence-corrected chi connectivity index (χ3v) is 5.38. The molecule has 0 spiro atoms. The molecule has 2 aromatic rings. The molecular formula is C20H29N3O2S. The zero-order chi connectivity index (χ0) is 19.4. The highest BCUT2D eigenvalue weighted by molar-refractivity contribution is 7.92. The van der Waals surface area contributed by atoms with Crippen molar-refractivity contribution in [3.63, 3.8) is 0 Å². The lowest BCUT2D eigenvalue weighted by Crippen LogP contribution is -2.31. The molecule has 1 aromatic heterocycles. The van der Waals surface area contributed by atoms with Crippen LogP contribution >= 0.6 is 0 Å². The van der Waals surface area contributed by atoms with Crippen molar-refractivity contribution in [2.24, 2.45) is 0 Å².